The Bertz CT molecular complexity index is 715. The molecule has 23 heavy (non-hydrogen) atoms. The maximum Gasteiger partial charge on any atom is 0.335 e. The zero-order chi connectivity index (χ0) is 17.0. The van der Waals surface area contributed by atoms with Crippen LogP contribution in [0.4, 0.5) is 0 Å². The molecule has 0 saturated heterocycles. The number of carboxylic acid groups (broad SMARTS) is 2. The van der Waals surface area contributed by atoms with Crippen molar-refractivity contribution < 1.29 is 19.8 Å². The van der Waals surface area contributed by atoms with E-state index < -0.39 is 11.9 Å². The van der Waals surface area contributed by atoms with Gasteiger partial charge in [-0.1, -0.05) is 44.2 Å². The van der Waals surface area contributed by atoms with Crippen LogP contribution in [0.25, 0.3) is 0 Å². The SMILES string of the molecule is CC(C)c1ccc(CCc2ccc(C(=O)O)cc2C(=O)O)cc1. The molecule has 0 aliphatic carbocycles. The molecule has 120 valence electrons. The van der Waals surface area contributed by atoms with Crippen molar-refractivity contribution >= 4 is 11.9 Å². The normalized spacial score (nSPS) is 10.7. The molecule has 0 spiro atoms. The molecule has 2 aromatic carbocycles. The first-order chi connectivity index (χ1) is 10.9. The van der Waals surface area contributed by atoms with Gasteiger partial charge in [0.25, 0.3) is 0 Å². The summed E-state index contributed by atoms with van der Waals surface area (Å²) in [5, 5.41) is 18.2. The van der Waals surface area contributed by atoms with Crippen LogP contribution in [0, 0.1) is 0 Å². The van der Waals surface area contributed by atoms with E-state index in [-0.39, 0.29) is 11.1 Å². The molecular weight excluding hydrogens is 292 g/mol. The molecule has 4 nitrogen and oxygen atoms in total. The van der Waals surface area contributed by atoms with E-state index in [1.165, 1.54) is 17.7 Å². The molecule has 4 heteroatoms. The van der Waals surface area contributed by atoms with Crippen molar-refractivity contribution in [1.29, 1.82) is 0 Å². The number of carbonyl (C=O) groups is 2. The number of hydrogen-bond acceptors (Lipinski definition) is 2. The molecule has 2 aromatic rings. The van der Waals surface area contributed by atoms with Gasteiger partial charge in [-0.25, -0.2) is 9.59 Å². The largest absolute Gasteiger partial charge is 0.478 e. The number of aryl methyl sites for hydroxylation is 2. The highest BCUT2D eigenvalue weighted by Crippen LogP contribution is 2.18. The van der Waals surface area contributed by atoms with Crippen LogP contribution < -0.4 is 0 Å². The van der Waals surface area contributed by atoms with Crippen molar-refractivity contribution in [2.75, 3.05) is 0 Å². The first kappa shape index (κ1) is 16.7. The lowest BCUT2D eigenvalue weighted by molar-refractivity contribution is 0.0695. The molecule has 0 heterocycles. The Morgan fingerprint density at radius 2 is 1.57 bits per heavy atom. The van der Waals surface area contributed by atoms with Gasteiger partial charge >= 0.3 is 11.9 Å². The van der Waals surface area contributed by atoms with Crippen molar-refractivity contribution in [2.24, 2.45) is 0 Å². The van der Waals surface area contributed by atoms with E-state index >= 15 is 0 Å². The topological polar surface area (TPSA) is 74.6 Å². The Balaban J connectivity index is 2.16. The van der Waals surface area contributed by atoms with Crippen molar-refractivity contribution in [1.82, 2.24) is 0 Å². The van der Waals surface area contributed by atoms with Crippen molar-refractivity contribution in [3.05, 3.63) is 70.3 Å². The molecule has 0 unspecified atom stereocenters. The molecule has 0 radical (unpaired) electrons. The van der Waals surface area contributed by atoms with Gasteiger partial charge < -0.3 is 10.2 Å². The molecular formula is C19H20O4. The Labute approximate surface area is 135 Å². The summed E-state index contributed by atoms with van der Waals surface area (Å²) >= 11 is 0. The summed E-state index contributed by atoms with van der Waals surface area (Å²) in [7, 11) is 0. The third-order valence-corrected chi connectivity index (χ3v) is 3.92. The van der Waals surface area contributed by atoms with Crippen molar-refractivity contribution in [3.63, 3.8) is 0 Å². The molecule has 0 atom stereocenters. The Morgan fingerprint density at radius 1 is 0.913 bits per heavy atom. The zero-order valence-electron chi connectivity index (χ0n) is 13.2. The summed E-state index contributed by atoms with van der Waals surface area (Å²) in [5.74, 6) is -1.74. The highest BCUT2D eigenvalue weighted by molar-refractivity contribution is 5.94. The average molecular weight is 312 g/mol. The Hall–Kier alpha value is -2.62. The number of rotatable bonds is 6. The van der Waals surface area contributed by atoms with Crippen LogP contribution in [-0.2, 0) is 12.8 Å². The standard InChI is InChI=1S/C19H20O4/c1-12(2)14-6-3-13(4-7-14)5-8-15-9-10-16(18(20)21)11-17(15)19(22)23/h3-4,6-7,9-12H,5,8H2,1-2H3,(H,20,21)(H,22,23). The van der Waals surface area contributed by atoms with Gasteiger partial charge in [-0.3, -0.25) is 0 Å². The molecule has 0 fully saturated rings. The van der Waals surface area contributed by atoms with Gasteiger partial charge in [-0.05, 0) is 47.6 Å². The second-order valence-electron chi connectivity index (χ2n) is 5.88. The number of aromatic carboxylic acids is 2. The lowest BCUT2D eigenvalue weighted by Crippen LogP contribution is -2.07. The van der Waals surface area contributed by atoms with E-state index in [0.717, 1.165) is 5.56 Å². The second kappa shape index (κ2) is 7.09. The maximum absolute atomic E-state index is 11.3. The van der Waals surface area contributed by atoms with Gasteiger partial charge in [0.15, 0.2) is 0 Å². The summed E-state index contributed by atoms with van der Waals surface area (Å²) in [4.78, 5) is 22.3. The van der Waals surface area contributed by atoms with E-state index in [2.05, 4.69) is 38.1 Å². The van der Waals surface area contributed by atoms with Crippen LogP contribution >= 0.6 is 0 Å². The van der Waals surface area contributed by atoms with Gasteiger partial charge in [0.2, 0.25) is 0 Å². The first-order valence-corrected chi connectivity index (χ1v) is 7.57. The molecule has 0 aliphatic heterocycles. The monoisotopic (exact) mass is 312 g/mol. The minimum absolute atomic E-state index is 0.00700. The summed E-state index contributed by atoms with van der Waals surface area (Å²) < 4.78 is 0. The predicted octanol–water partition coefficient (Wildman–Crippen LogP) is 3.99. The first-order valence-electron chi connectivity index (χ1n) is 7.57. The Morgan fingerprint density at radius 3 is 2.09 bits per heavy atom. The minimum atomic E-state index is -1.12. The zero-order valence-corrected chi connectivity index (χ0v) is 13.2. The maximum atomic E-state index is 11.3. The van der Waals surface area contributed by atoms with E-state index in [9.17, 15) is 14.7 Å². The number of hydrogen-bond donors (Lipinski definition) is 2. The molecule has 0 aliphatic rings. The molecule has 0 aromatic heterocycles. The van der Waals surface area contributed by atoms with Crippen LogP contribution in [0.5, 0.6) is 0 Å². The molecule has 2 N–H and O–H groups in total. The molecule has 0 amide bonds. The van der Waals surface area contributed by atoms with Crippen molar-refractivity contribution in [2.45, 2.75) is 32.6 Å². The van der Waals surface area contributed by atoms with Gasteiger partial charge in [0, 0.05) is 0 Å². The van der Waals surface area contributed by atoms with E-state index in [1.807, 2.05) is 0 Å². The van der Waals surface area contributed by atoms with Gasteiger partial charge in [-0.2, -0.15) is 0 Å². The minimum Gasteiger partial charge on any atom is -0.478 e. The summed E-state index contributed by atoms with van der Waals surface area (Å²) in [6.07, 6.45) is 1.27. The highest BCUT2D eigenvalue weighted by atomic mass is 16.4. The van der Waals surface area contributed by atoms with Crippen LogP contribution in [0.3, 0.4) is 0 Å². The third-order valence-electron chi connectivity index (χ3n) is 3.92. The fraction of sp³-hybridized carbons (Fsp3) is 0.263. The molecule has 2 rings (SSSR count). The lowest BCUT2D eigenvalue weighted by Gasteiger charge is -2.09. The number of benzene rings is 2. The molecule has 0 saturated carbocycles. The van der Waals surface area contributed by atoms with E-state index in [0.29, 0.717) is 24.3 Å². The second-order valence-corrected chi connectivity index (χ2v) is 5.88. The number of carboxylic acids is 2. The van der Waals surface area contributed by atoms with Crippen LogP contribution in [0.15, 0.2) is 42.5 Å². The van der Waals surface area contributed by atoms with Gasteiger partial charge in [-0.15, -0.1) is 0 Å². The predicted molar refractivity (Wildman–Crippen MR) is 88.3 cm³/mol. The van der Waals surface area contributed by atoms with Gasteiger partial charge in [0.05, 0.1) is 11.1 Å². The van der Waals surface area contributed by atoms with Crippen LogP contribution in [-0.4, -0.2) is 22.2 Å². The van der Waals surface area contributed by atoms with Gasteiger partial charge in [0.1, 0.15) is 0 Å². The fourth-order valence-corrected chi connectivity index (χ4v) is 2.47. The van der Waals surface area contributed by atoms with Crippen LogP contribution in [0.1, 0.15) is 57.2 Å². The van der Waals surface area contributed by atoms with E-state index in [1.54, 1.807) is 6.07 Å². The third kappa shape index (κ3) is 4.19. The van der Waals surface area contributed by atoms with Crippen molar-refractivity contribution in [3.8, 4) is 0 Å². The smallest absolute Gasteiger partial charge is 0.335 e. The Kier molecular flexibility index (Phi) is 5.16. The lowest BCUT2D eigenvalue weighted by atomic mass is 9.96. The highest BCUT2D eigenvalue weighted by Gasteiger charge is 2.14. The average Bonchev–Trinajstić information content (AvgIpc) is 2.52. The van der Waals surface area contributed by atoms with Crippen LogP contribution in [0.2, 0.25) is 0 Å². The fourth-order valence-electron chi connectivity index (χ4n) is 2.47. The quantitative estimate of drug-likeness (QED) is 0.845. The summed E-state index contributed by atoms with van der Waals surface area (Å²) in [6, 6.07) is 12.6. The summed E-state index contributed by atoms with van der Waals surface area (Å²) in [6.45, 7) is 4.27. The summed E-state index contributed by atoms with van der Waals surface area (Å²) in [5.41, 5.74) is 3.10. The molecule has 0 bridgehead atoms. The van der Waals surface area contributed by atoms with E-state index in [4.69, 9.17) is 5.11 Å².